The highest BCUT2D eigenvalue weighted by molar-refractivity contribution is 6.00. The number of hydrogen-bond donors (Lipinski definition) is 1. The van der Waals surface area contributed by atoms with Crippen LogP contribution in [0.2, 0.25) is 0 Å². The van der Waals surface area contributed by atoms with E-state index in [1.165, 1.54) is 6.42 Å². The second kappa shape index (κ2) is 9.05. The number of ether oxygens (including phenoxy) is 1. The first-order valence-electron chi connectivity index (χ1n) is 12.0. The molecule has 1 fully saturated rings. The van der Waals surface area contributed by atoms with Crippen LogP contribution in [0, 0.1) is 0 Å². The first-order chi connectivity index (χ1) is 16.5. The van der Waals surface area contributed by atoms with Gasteiger partial charge in [-0.05, 0) is 50.1 Å². The molecule has 2 aliphatic rings. The monoisotopic (exact) mass is 461 g/mol. The molecule has 7 heteroatoms. The minimum atomic E-state index is -1.08. The summed E-state index contributed by atoms with van der Waals surface area (Å²) in [7, 11) is 1.62. The maximum atomic E-state index is 13.9. The Hall–Kier alpha value is -3.48. The Kier molecular flexibility index (Phi) is 5.94. The van der Waals surface area contributed by atoms with Gasteiger partial charge >= 0.3 is 0 Å². The molecule has 1 saturated carbocycles. The van der Waals surface area contributed by atoms with Crippen LogP contribution in [0.15, 0.2) is 59.2 Å². The standard InChI is InChI=1S/C27H31N3O4/c1-27(26(32)28-20-10-4-3-5-11-20)18-29-21(24-13-8-16-34-24)14-15-22(29)25(31)30(27)17-19-9-6-7-12-23(19)33-2/h6-9,12-16,20H,3-5,10-11,17-18H2,1-2H3,(H,28,32)/t27-/m1/s1. The van der Waals surface area contributed by atoms with Crippen LogP contribution in [0.3, 0.4) is 0 Å². The average Bonchev–Trinajstić information content (AvgIpc) is 3.52. The normalized spacial score (nSPS) is 20.8. The van der Waals surface area contributed by atoms with Crippen LogP contribution in [0.5, 0.6) is 5.75 Å². The lowest BCUT2D eigenvalue weighted by molar-refractivity contribution is -0.134. The molecule has 2 amide bonds. The van der Waals surface area contributed by atoms with Crippen molar-refractivity contribution in [1.82, 2.24) is 14.8 Å². The minimum Gasteiger partial charge on any atom is -0.496 e. The Morgan fingerprint density at radius 1 is 1.09 bits per heavy atom. The van der Waals surface area contributed by atoms with Gasteiger partial charge in [-0.25, -0.2) is 0 Å². The zero-order chi connectivity index (χ0) is 23.7. The molecule has 1 atom stereocenters. The zero-order valence-corrected chi connectivity index (χ0v) is 19.8. The number of nitrogens with one attached hydrogen (secondary N) is 1. The van der Waals surface area contributed by atoms with E-state index in [-0.39, 0.29) is 24.4 Å². The quantitative estimate of drug-likeness (QED) is 0.581. The lowest BCUT2D eigenvalue weighted by atomic mass is 9.91. The lowest BCUT2D eigenvalue weighted by Crippen LogP contribution is -2.64. The van der Waals surface area contributed by atoms with Crippen molar-refractivity contribution >= 4 is 11.8 Å². The summed E-state index contributed by atoms with van der Waals surface area (Å²) < 4.78 is 13.1. The molecule has 2 aromatic heterocycles. The van der Waals surface area contributed by atoms with Gasteiger partial charge in [0.05, 0.1) is 32.2 Å². The smallest absolute Gasteiger partial charge is 0.271 e. The van der Waals surface area contributed by atoms with Crippen LogP contribution in [0.1, 0.15) is 55.1 Å². The van der Waals surface area contributed by atoms with Crippen molar-refractivity contribution in [2.75, 3.05) is 7.11 Å². The SMILES string of the molecule is COc1ccccc1CN1C(=O)c2ccc(-c3ccco3)n2C[C@]1(C)C(=O)NC1CCCCC1. The van der Waals surface area contributed by atoms with Crippen molar-refractivity contribution in [2.24, 2.45) is 0 Å². The van der Waals surface area contributed by atoms with Gasteiger partial charge in [0.2, 0.25) is 5.91 Å². The van der Waals surface area contributed by atoms with Crippen LogP contribution in [0.25, 0.3) is 11.5 Å². The molecule has 3 heterocycles. The summed E-state index contributed by atoms with van der Waals surface area (Å²) in [5.41, 5.74) is 1.12. The number of benzene rings is 1. The summed E-state index contributed by atoms with van der Waals surface area (Å²) in [5, 5.41) is 3.27. The molecule has 1 aliphatic heterocycles. The Morgan fingerprint density at radius 3 is 2.59 bits per heavy atom. The number of nitrogens with zero attached hydrogens (tertiary/aromatic N) is 2. The third-order valence-electron chi connectivity index (χ3n) is 7.23. The summed E-state index contributed by atoms with van der Waals surface area (Å²) in [4.78, 5) is 29.4. The van der Waals surface area contributed by atoms with Crippen LogP contribution >= 0.6 is 0 Å². The van der Waals surface area contributed by atoms with Crippen LogP contribution in [-0.2, 0) is 17.9 Å². The van der Waals surface area contributed by atoms with E-state index in [4.69, 9.17) is 9.15 Å². The number of para-hydroxylation sites is 1. The predicted molar refractivity (Wildman–Crippen MR) is 128 cm³/mol. The molecular weight excluding hydrogens is 430 g/mol. The van der Waals surface area contributed by atoms with Gasteiger partial charge in [-0.1, -0.05) is 37.5 Å². The first kappa shape index (κ1) is 22.3. The number of amides is 2. The minimum absolute atomic E-state index is 0.118. The number of carbonyl (C=O) groups is 2. The highest BCUT2D eigenvalue weighted by Gasteiger charge is 2.48. The van der Waals surface area contributed by atoms with E-state index in [1.54, 1.807) is 18.3 Å². The lowest BCUT2D eigenvalue weighted by Gasteiger charge is -2.45. The second-order valence-electron chi connectivity index (χ2n) is 9.45. The summed E-state index contributed by atoms with van der Waals surface area (Å²) in [5.74, 6) is 1.07. The van der Waals surface area contributed by atoms with Crippen molar-refractivity contribution < 1.29 is 18.7 Å². The summed E-state index contributed by atoms with van der Waals surface area (Å²) in [6.45, 7) is 2.48. The molecule has 1 N–H and O–H groups in total. The van der Waals surface area contributed by atoms with Crippen LogP contribution in [-0.4, -0.2) is 40.0 Å². The van der Waals surface area contributed by atoms with Crippen molar-refractivity contribution in [3.8, 4) is 17.2 Å². The first-order valence-corrected chi connectivity index (χ1v) is 12.0. The fourth-order valence-corrected chi connectivity index (χ4v) is 5.25. The third-order valence-corrected chi connectivity index (χ3v) is 7.23. The van der Waals surface area contributed by atoms with Crippen LogP contribution < -0.4 is 10.1 Å². The molecule has 0 spiro atoms. The number of rotatable bonds is 6. The number of fused-ring (bicyclic) bond motifs is 1. The third kappa shape index (κ3) is 3.89. The molecule has 5 rings (SSSR count). The van der Waals surface area contributed by atoms with E-state index in [0.29, 0.717) is 23.7 Å². The summed E-state index contributed by atoms with van der Waals surface area (Å²) >= 11 is 0. The van der Waals surface area contributed by atoms with Gasteiger partial charge in [-0.2, -0.15) is 0 Å². The Bertz CT molecular complexity index is 1180. The molecule has 7 nitrogen and oxygen atoms in total. The average molecular weight is 462 g/mol. The molecule has 0 radical (unpaired) electrons. The maximum Gasteiger partial charge on any atom is 0.271 e. The van der Waals surface area contributed by atoms with E-state index in [2.05, 4.69) is 5.32 Å². The fourth-order valence-electron chi connectivity index (χ4n) is 5.25. The van der Waals surface area contributed by atoms with Crippen molar-refractivity contribution in [1.29, 1.82) is 0 Å². The molecule has 0 bridgehead atoms. The maximum absolute atomic E-state index is 13.9. The Morgan fingerprint density at radius 2 is 1.85 bits per heavy atom. The zero-order valence-electron chi connectivity index (χ0n) is 19.8. The van der Waals surface area contributed by atoms with Gasteiger partial charge < -0.3 is 23.9 Å². The largest absolute Gasteiger partial charge is 0.496 e. The number of aromatic nitrogens is 1. The second-order valence-corrected chi connectivity index (χ2v) is 9.45. The molecule has 1 aliphatic carbocycles. The fraction of sp³-hybridized carbons (Fsp3) is 0.407. The number of hydrogen-bond acceptors (Lipinski definition) is 4. The highest BCUT2D eigenvalue weighted by Crippen LogP contribution is 2.35. The summed E-state index contributed by atoms with van der Waals surface area (Å²) in [6.07, 6.45) is 7.03. The molecule has 3 aromatic rings. The number of carbonyl (C=O) groups excluding carboxylic acids is 2. The Balaban J connectivity index is 1.54. The van der Waals surface area contributed by atoms with Gasteiger partial charge in [0.1, 0.15) is 22.7 Å². The molecule has 178 valence electrons. The molecule has 34 heavy (non-hydrogen) atoms. The molecule has 0 unspecified atom stereocenters. The van der Waals surface area contributed by atoms with E-state index < -0.39 is 5.54 Å². The van der Waals surface area contributed by atoms with Gasteiger partial charge in [0.25, 0.3) is 5.91 Å². The topological polar surface area (TPSA) is 76.7 Å². The number of furan rings is 1. The van der Waals surface area contributed by atoms with Crippen LogP contribution in [0.4, 0.5) is 0 Å². The molecule has 0 saturated heterocycles. The van der Waals surface area contributed by atoms with Gasteiger partial charge in [0.15, 0.2) is 0 Å². The van der Waals surface area contributed by atoms with Gasteiger partial charge in [-0.3, -0.25) is 9.59 Å². The summed E-state index contributed by atoms with van der Waals surface area (Å²) in [6, 6.07) is 15.2. The van der Waals surface area contributed by atoms with Gasteiger partial charge in [0, 0.05) is 11.6 Å². The highest BCUT2D eigenvalue weighted by atomic mass is 16.5. The van der Waals surface area contributed by atoms with E-state index in [9.17, 15) is 9.59 Å². The van der Waals surface area contributed by atoms with Gasteiger partial charge in [-0.15, -0.1) is 0 Å². The van der Waals surface area contributed by atoms with E-state index in [1.807, 2.05) is 60.0 Å². The molecular formula is C27H31N3O4. The number of methoxy groups -OCH3 is 1. The van der Waals surface area contributed by atoms with E-state index >= 15 is 0 Å². The van der Waals surface area contributed by atoms with Crippen molar-refractivity contribution in [3.63, 3.8) is 0 Å². The molecule has 1 aromatic carbocycles. The predicted octanol–water partition coefficient (Wildman–Crippen LogP) is 4.62. The van der Waals surface area contributed by atoms with Crippen molar-refractivity contribution in [2.45, 2.75) is 63.7 Å². The van der Waals surface area contributed by atoms with E-state index in [0.717, 1.165) is 36.9 Å². The Labute approximate surface area is 199 Å². The van der Waals surface area contributed by atoms with Crippen molar-refractivity contribution in [3.05, 3.63) is 66.1 Å².